The van der Waals surface area contributed by atoms with Gasteiger partial charge in [-0.1, -0.05) is 19.9 Å². The van der Waals surface area contributed by atoms with Crippen LogP contribution in [0.1, 0.15) is 37.2 Å². The molecule has 5 rings (SSSR count). The molecule has 2 aromatic rings. The molecule has 1 unspecified atom stereocenters. The van der Waals surface area contributed by atoms with Gasteiger partial charge in [0.05, 0.1) is 18.5 Å². The lowest BCUT2D eigenvalue weighted by Gasteiger charge is -2.30. The van der Waals surface area contributed by atoms with E-state index in [1.807, 2.05) is 19.9 Å². The maximum Gasteiger partial charge on any atom is 0.229 e. The first-order chi connectivity index (χ1) is 18.3. The third-order valence-corrected chi connectivity index (χ3v) is 7.15. The predicted octanol–water partition coefficient (Wildman–Crippen LogP) is 4.55. The summed E-state index contributed by atoms with van der Waals surface area (Å²) >= 11 is 0. The van der Waals surface area contributed by atoms with Crippen molar-refractivity contribution in [3.05, 3.63) is 70.3 Å². The van der Waals surface area contributed by atoms with Crippen LogP contribution in [0.15, 0.2) is 47.6 Å². The summed E-state index contributed by atoms with van der Waals surface area (Å²) in [4.78, 5) is 15.6. The molecule has 1 aliphatic carbocycles. The molecule has 0 spiro atoms. The van der Waals surface area contributed by atoms with Gasteiger partial charge in [0.2, 0.25) is 5.95 Å². The molecule has 1 saturated heterocycles. The van der Waals surface area contributed by atoms with Gasteiger partial charge in [0, 0.05) is 62.2 Å². The highest BCUT2D eigenvalue weighted by molar-refractivity contribution is 6.15. The van der Waals surface area contributed by atoms with Crippen molar-refractivity contribution < 1.29 is 13.5 Å². The van der Waals surface area contributed by atoms with Crippen LogP contribution in [0.4, 0.5) is 20.5 Å². The molecular formula is C28H33F2N7O. The standard InChI is InChI=1S/C28H33F2N7O/c1-16(2)26(32-3)20-10-19(11-21(29)25(20)31)27-22(30)12-33-28(36-27)35-24-5-4-18-14-37(8-6-23(18)34-24)13-17-7-9-38-15-17/h4-5,10-12,16-17,31-32H,6-9,13-15H2,1-3H3,(H,33,34,35,36)/b26-20-,31-25?. The Morgan fingerprint density at radius 2 is 2.08 bits per heavy atom. The molecule has 4 heterocycles. The summed E-state index contributed by atoms with van der Waals surface area (Å²) in [5, 5.41) is 14.3. The number of ether oxygens (including phenoxy) is 1. The van der Waals surface area contributed by atoms with Crippen LogP contribution in [-0.4, -0.2) is 58.9 Å². The Labute approximate surface area is 221 Å². The first-order valence-corrected chi connectivity index (χ1v) is 13.0. The zero-order valence-corrected chi connectivity index (χ0v) is 21.9. The maximum absolute atomic E-state index is 14.8. The average molecular weight is 522 g/mol. The molecular weight excluding hydrogens is 488 g/mol. The molecule has 200 valence electrons. The van der Waals surface area contributed by atoms with E-state index >= 15 is 0 Å². The Hall–Kier alpha value is -3.50. The number of allylic oxidation sites excluding steroid dienone is 6. The van der Waals surface area contributed by atoms with Gasteiger partial charge in [0.25, 0.3) is 0 Å². The van der Waals surface area contributed by atoms with E-state index in [0.717, 1.165) is 63.7 Å². The van der Waals surface area contributed by atoms with Crippen LogP contribution in [0, 0.1) is 23.1 Å². The molecule has 0 aromatic carbocycles. The molecule has 0 radical (unpaired) electrons. The van der Waals surface area contributed by atoms with E-state index in [1.165, 1.54) is 5.56 Å². The molecule has 0 amide bonds. The van der Waals surface area contributed by atoms with Crippen molar-refractivity contribution >= 4 is 23.1 Å². The molecule has 0 bridgehead atoms. The minimum atomic E-state index is -0.746. The van der Waals surface area contributed by atoms with E-state index in [9.17, 15) is 8.78 Å². The number of nitrogens with zero attached hydrogens (tertiary/aromatic N) is 4. The van der Waals surface area contributed by atoms with E-state index in [2.05, 4.69) is 31.6 Å². The van der Waals surface area contributed by atoms with E-state index in [1.54, 1.807) is 13.1 Å². The highest BCUT2D eigenvalue weighted by atomic mass is 19.1. The topological polar surface area (TPSA) is 99.1 Å². The van der Waals surface area contributed by atoms with Gasteiger partial charge >= 0.3 is 0 Å². The fourth-order valence-electron chi connectivity index (χ4n) is 5.23. The fraction of sp³-hybridized carbons (Fsp3) is 0.429. The van der Waals surface area contributed by atoms with Gasteiger partial charge in [-0.2, -0.15) is 0 Å². The second kappa shape index (κ2) is 11.1. The van der Waals surface area contributed by atoms with Crippen molar-refractivity contribution in [2.45, 2.75) is 33.2 Å². The molecule has 1 fully saturated rings. The number of hydrogen-bond donors (Lipinski definition) is 3. The highest BCUT2D eigenvalue weighted by Crippen LogP contribution is 2.31. The summed E-state index contributed by atoms with van der Waals surface area (Å²) in [6.07, 6.45) is 5.75. The highest BCUT2D eigenvalue weighted by Gasteiger charge is 2.25. The molecule has 10 heteroatoms. The Morgan fingerprint density at radius 1 is 1.24 bits per heavy atom. The van der Waals surface area contributed by atoms with Crippen LogP contribution in [0.5, 0.6) is 0 Å². The lowest BCUT2D eigenvalue weighted by Crippen LogP contribution is -2.35. The number of aromatic nitrogens is 3. The van der Waals surface area contributed by atoms with Crippen molar-refractivity contribution in [2.75, 3.05) is 38.7 Å². The van der Waals surface area contributed by atoms with Gasteiger partial charge in [-0.05, 0) is 42.0 Å². The predicted molar refractivity (Wildman–Crippen MR) is 143 cm³/mol. The quantitative estimate of drug-likeness (QED) is 0.492. The zero-order valence-electron chi connectivity index (χ0n) is 21.9. The molecule has 3 aliphatic rings. The van der Waals surface area contributed by atoms with Crippen LogP contribution in [-0.2, 0) is 17.7 Å². The summed E-state index contributed by atoms with van der Waals surface area (Å²) in [6, 6.07) is 3.93. The van der Waals surface area contributed by atoms with Gasteiger partial charge in [-0.15, -0.1) is 0 Å². The average Bonchev–Trinajstić information content (AvgIpc) is 3.41. The fourth-order valence-corrected chi connectivity index (χ4v) is 5.23. The number of pyridine rings is 1. The summed E-state index contributed by atoms with van der Waals surface area (Å²) in [6.45, 7) is 8.43. The minimum absolute atomic E-state index is 0.0186. The first-order valence-electron chi connectivity index (χ1n) is 13.0. The molecule has 0 saturated carbocycles. The van der Waals surface area contributed by atoms with Crippen molar-refractivity contribution in [1.82, 2.24) is 25.2 Å². The van der Waals surface area contributed by atoms with Crippen molar-refractivity contribution in [1.29, 1.82) is 5.41 Å². The van der Waals surface area contributed by atoms with Gasteiger partial charge in [0.15, 0.2) is 5.82 Å². The van der Waals surface area contributed by atoms with Crippen LogP contribution in [0.3, 0.4) is 0 Å². The van der Waals surface area contributed by atoms with Crippen LogP contribution in [0.2, 0.25) is 0 Å². The maximum atomic E-state index is 14.8. The normalized spacial score (nSPS) is 21.2. The number of anilines is 2. The number of halogens is 2. The molecule has 1 atom stereocenters. The molecule has 8 nitrogen and oxygen atoms in total. The van der Waals surface area contributed by atoms with Crippen LogP contribution >= 0.6 is 0 Å². The Bertz CT molecular complexity index is 1330. The number of hydrogen-bond acceptors (Lipinski definition) is 8. The monoisotopic (exact) mass is 521 g/mol. The lowest BCUT2D eigenvalue weighted by molar-refractivity contribution is 0.161. The first kappa shape index (κ1) is 26.1. The second-order valence-corrected chi connectivity index (χ2v) is 10.2. The van der Waals surface area contributed by atoms with E-state index < -0.39 is 11.6 Å². The number of rotatable bonds is 7. The van der Waals surface area contributed by atoms with E-state index in [0.29, 0.717) is 23.0 Å². The van der Waals surface area contributed by atoms with Gasteiger partial charge in [0.1, 0.15) is 17.3 Å². The Morgan fingerprint density at radius 3 is 2.82 bits per heavy atom. The Balaban J connectivity index is 1.36. The van der Waals surface area contributed by atoms with E-state index in [4.69, 9.17) is 15.1 Å². The molecule has 38 heavy (non-hydrogen) atoms. The summed E-state index contributed by atoms with van der Waals surface area (Å²) < 4.78 is 35.1. The van der Waals surface area contributed by atoms with E-state index in [-0.39, 0.29) is 28.8 Å². The largest absolute Gasteiger partial charge is 0.391 e. The minimum Gasteiger partial charge on any atom is -0.391 e. The zero-order chi connectivity index (χ0) is 26.8. The second-order valence-electron chi connectivity index (χ2n) is 10.2. The van der Waals surface area contributed by atoms with Crippen molar-refractivity contribution in [3.63, 3.8) is 0 Å². The number of nitrogens with one attached hydrogen (secondary N) is 3. The van der Waals surface area contributed by atoms with Gasteiger partial charge < -0.3 is 15.4 Å². The van der Waals surface area contributed by atoms with Crippen molar-refractivity contribution in [2.24, 2.45) is 11.8 Å². The lowest BCUT2D eigenvalue weighted by atomic mass is 9.92. The number of fused-ring (bicyclic) bond motifs is 1. The Kier molecular flexibility index (Phi) is 7.62. The third kappa shape index (κ3) is 5.51. The van der Waals surface area contributed by atoms with Crippen molar-refractivity contribution in [3.8, 4) is 0 Å². The van der Waals surface area contributed by atoms with Gasteiger partial charge in [-0.25, -0.2) is 23.7 Å². The smallest absolute Gasteiger partial charge is 0.229 e. The summed E-state index contributed by atoms with van der Waals surface area (Å²) in [5.74, 6) is -0.0796. The SMILES string of the molecule is CN/C(=C1/C=C(c2nc(Nc3ccc4c(n3)CCN(CC3CCOC3)C4)ncc2F)C=C(F)C1=N)C(C)C. The summed E-state index contributed by atoms with van der Waals surface area (Å²) in [7, 11) is 1.72. The molecule has 3 N–H and O–H groups in total. The molecule has 2 aliphatic heterocycles. The van der Waals surface area contributed by atoms with Crippen LogP contribution < -0.4 is 10.6 Å². The van der Waals surface area contributed by atoms with Gasteiger partial charge in [-0.3, -0.25) is 10.3 Å². The summed E-state index contributed by atoms with van der Waals surface area (Å²) in [5.41, 5.74) is 3.22. The molecule has 2 aromatic heterocycles. The van der Waals surface area contributed by atoms with Crippen LogP contribution in [0.25, 0.3) is 5.57 Å². The third-order valence-electron chi connectivity index (χ3n) is 7.15.